The minimum Gasteiger partial charge on any atom is -0.245 e. The lowest BCUT2D eigenvalue weighted by Gasteiger charge is -2.21. The van der Waals surface area contributed by atoms with Crippen LogP contribution in [0.2, 0.25) is 40.2 Å². The van der Waals surface area contributed by atoms with Gasteiger partial charge >= 0.3 is 0 Å². The van der Waals surface area contributed by atoms with Crippen molar-refractivity contribution in [2.75, 3.05) is 0 Å². The molecule has 0 unspecified atom stereocenters. The van der Waals surface area contributed by atoms with Crippen LogP contribution in [0.3, 0.4) is 0 Å². The van der Waals surface area contributed by atoms with E-state index in [2.05, 4.69) is 4.99 Å². The fourth-order valence-electron chi connectivity index (χ4n) is 7.33. The molecule has 320 valence electrons. The van der Waals surface area contributed by atoms with Crippen LogP contribution in [-0.2, 0) is 0 Å². The molecule has 4 aromatic rings. The van der Waals surface area contributed by atoms with Crippen molar-refractivity contribution in [3.8, 4) is 0 Å². The molecule has 0 fully saturated rings. The molecule has 0 spiro atoms. The Balaban J connectivity index is 1.61. The molecule has 5 heterocycles. The van der Waals surface area contributed by atoms with Crippen LogP contribution in [-0.4, -0.2) is 22.8 Å². The van der Waals surface area contributed by atoms with Crippen LogP contribution in [0.15, 0.2) is 156 Å². The summed E-state index contributed by atoms with van der Waals surface area (Å²) < 4.78 is 0. The molecule has 0 saturated heterocycles. The Labute approximate surface area is 444 Å². The van der Waals surface area contributed by atoms with E-state index in [1.807, 2.05) is 0 Å². The quantitative estimate of drug-likeness (QED) is 0.196. The maximum atomic E-state index is 7.53. The average Bonchev–Trinajstić information content (AvgIpc) is 3.96. The molecule has 0 amide bonds. The van der Waals surface area contributed by atoms with Crippen molar-refractivity contribution in [1.29, 1.82) is 0 Å². The summed E-state index contributed by atoms with van der Waals surface area (Å²) in [4.78, 5) is 19.8. The zero-order chi connectivity index (χ0) is 45.8. The van der Waals surface area contributed by atoms with Crippen molar-refractivity contribution in [3.63, 3.8) is 0 Å². The first-order valence-corrected chi connectivity index (χ1v) is 23.8. The van der Waals surface area contributed by atoms with Crippen molar-refractivity contribution in [3.05, 3.63) is 198 Å². The van der Waals surface area contributed by atoms with E-state index in [0.29, 0.717) is 0 Å². The molecule has 0 aromatic heterocycles. The number of halogens is 16. The fourth-order valence-corrected chi connectivity index (χ4v) is 12.0. The first-order chi connectivity index (χ1) is 30.4. The van der Waals surface area contributed by atoms with Crippen molar-refractivity contribution >= 4 is 231 Å². The largest absolute Gasteiger partial charge is 0.245 e. The molecule has 0 aliphatic carbocycles. The summed E-state index contributed by atoms with van der Waals surface area (Å²) >= 11 is 114. The molecular weight excluding hydrogens is 1150 g/mol. The van der Waals surface area contributed by atoms with Gasteiger partial charge in [0.2, 0.25) is 0 Å². The van der Waals surface area contributed by atoms with Crippen LogP contribution in [0.1, 0.15) is 22.3 Å². The lowest BCUT2D eigenvalue weighted by molar-refractivity contribution is 1.38. The van der Waals surface area contributed by atoms with E-state index in [9.17, 15) is 0 Å². The number of allylic oxidation sites excluding steroid dienone is 12. The van der Waals surface area contributed by atoms with Gasteiger partial charge in [-0.1, -0.05) is 210 Å². The van der Waals surface area contributed by atoms with Gasteiger partial charge in [0.05, 0.1) is 77.5 Å². The van der Waals surface area contributed by atoms with Crippen molar-refractivity contribution in [2.45, 2.75) is 0 Å². The van der Waals surface area contributed by atoms with Gasteiger partial charge in [-0.15, -0.1) is 0 Å². The van der Waals surface area contributed by atoms with Crippen LogP contribution in [0.4, 0.5) is 0 Å². The molecule has 0 atom stereocenters. The van der Waals surface area contributed by atoms with E-state index < -0.39 is 0 Å². The molecular formula is C44H12Cl16N4. The van der Waals surface area contributed by atoms with Crippen LogP contribution >= 0.6 is 186 Å². The first-order valence-electron chi connectivity index (χ1n) is 17.8. The summed E-state index contributed by atoms with van der Waals surface area (Å²) in [7, 11) is 0. The van der Waals surface area contributed by atoms with Crippen LogP contribution < -0.4 is 0 Å². The van der Waals surface area contributed by atoms with Crippen LogP contribution in [0.5, 0.6) is 0 Å². The first kappa shape index (κ1) is 47.2. The molecule has 4 aromatic carbocycles. The van der Waals surface area contributed by atoms with E-state index in [0.717, 1.165) is 0 Å². The number of hydrogen-bond acceptors (Lipinski definition) is 4. The second-order valence-corrected chi connectivity index (χ2v) is 19.9. The van der Waals surface area contributed by atoms with Crippen molar-refractivity contribution in [2.24, 2.45) is 20.0 Å². The Morgan fingerprint density at radius 1 is 0.219 bits per heavy atom. The van der Waals surface area contributed by atoms with Gasteiger partial charge in [-0.05, 0) is 48.5 Å². The zero-order valence-electron chi connectivity index (χ0n) is 30.8. The van der Waals surface area contributed by atoms with Gasteiger partial charge in [0.1, 0.15) is 28.5 Å². The number of hydrogen-bond donors (Lipinski definition) is 0. The second-order valence-electron chi connectivity index (χ2n) is 13.6. The summed E-state index contributed by atoms with van der Waals surface area (Å²) in [5.74, 6) is 0. The van der Waals surface area contributed by atoms with E-state index in [1.54, 1.807) is 72.8 Å². The molecule has 9 rings (SSSR count). The molecule has 8 bridgehead atoms. The minimum absolute atomic E-state index is 0.00115. The lowest BCUT2D eigenvalue weighted by atomic mass is 9.85. The predicted octanol–water partition coefficient (Wildman–Crippen LogP) is 19.4. The van der Waals surface area contributed by atoms with Gasteiger partial charge < -0.3 is 0 Å². The summed E-state index contributed by atoms with van der Waals surface area (Å²) in [5, 5.41) is 0.278. The monoisotopic (exact) mass is 1160 g/mol. The van der Waals surface area contributed by atoms with Gasteiger partial charge in [-0.2, -0.15) is 0 Å². The molecule has 5 aliphatic rings. The third-order valence-corrected chi connectivity index (χ3v) is 15.7. The Hall–Kier alpha value is -1.88. The highest BCUT2D eigenvalue weighted by Gasteiger charge is 2.42. The molecule has 20 heteroatoms. The number of aliphatic imine (C=N–C) groups is 4. The molecule has 0 saturated carbocycles. The van der Waals surface area contributed by atoms with Gasteiger partial charge in [0, 0.05) is 64.6 Å². The van der Waals surface area contributed by atoms with E-state index in [-0.39, 0.29) is 171 Å². The minimum atomic E-state index is -0.175. The highest BCUT2D eigenvalue weighted by Crippen LogP contribution is 2.56. The van der Waals surface area contributed by atoms with Crippen molar-refractivity contribution in [1.82, 2.24) is 0 Å². The van der Waals surface area contributed by atoms with E-state index in [1.165, 1.54) is 0 Å². The number of benzene rings is 4. The smallest absolute Gasteiger partial charge is 0.105 e. The van der Waals surface area contributed by atoms with Crippen molar-refractivity contribution < 1.29 is 0 Å². The van der Waals surface area contributed by atoms with Gasteiger partial charge in [-0.3, -0.25) is 0 Å². The Kier molecular flexibility index (Phi) is 13.4. The Morgan fingerprint density at radius 3 is 0.891 bits per heavy atom. The summed E-state index contributed by atoms with van der Waals surface area (Å²) in [6.07, 6.45) is 0. The Morgan fingerprint density at radius 2 is 0.500 bits per heavy atom. The highest BCUT2D eigenvalue weighted by molar-refractivity contribution is 6.67. The second kappa shape index (κ2) is 18.2. The normalized spacial score (nSPS) is 17.9. The van der Waals surface area contributed by atoms with E-state index >= 15 is 0 Å². The van der Waals surface area contributed by atoms with Crippen LogP contribution in [0, 0.1) is 0 Å². The fraction of sp³-hybridized carbons (Fsp3) is 0. The maximum absolute atomic E-state index is 7.53. The topological polar surface area (TPSA) is 49.4 Å². The number of nitrogens with zero attached hydrogens (tertiary/aromatic N) is 4. The Bertz CT molecular complexity index is 3240. The predicted molar refractivity (Wildman–Crippen MR) is 278 cm³/mol. The third-order valence-electron chi connectivity index (χ3n) is 10.1. The maximum Gasteiger partial charge on any atom is 0.105 e. The molecule has 4 nitrogen and oxygen atoms in total. The summed E-state index contributed by atoms with van der Waals surface area (Å²) in [6.45, 7) is 0. The molecule has 64 heavy (non-hydrogen) atoms. The SMILES string of the molecule is ClC1=C(Cl)C2=C(Cl)C3=NC(=C(Cl)C4=NC(=C(c5c(Cl)cccc5Cl)C5=NC(=C(Cl)C1=N2)C(Cl)=C5c1c(Cl)cccc1Cl)C(c1c(Cl)cccc1Cl)=C4c1c(Cl)cccc1Cl)C(Cl)=C3Cl. The van der Waals surface area contributed by atoms with Gasteiger partial charge in [-0.25, -0.2) is 20.0 Å². The number of fused-ring (bicyclic) bond motifs is 4. The number of rotatable bonds is 4. The molecule has 0 N–H and O–H groups in total. The molecule has 0 radical (unpaired) electrons. The zero-order valence-corrected chi connectivity index (χ0v) is 42.9. The van der Waals surface area contributed by atoms with Gasteiger partial charge in [0.25, 0.3) is 0 Å². The standard InChI is InChI=1S/C44H12Cl16N4/c45-13-5-1-6-14(46)21(13)25-26(22-15(47)7-2-8-16(22)48)39-34(58)41-30(54)31(55)43(63-41)36(60)44-33(57)32(56)42(64-44)35(59)40-29(53)27(23-17(49)9-3-10-18(23)50)38(62-40)28(37(25)61-39)24-19(51)11-4-12-20(24)52/h1-12H. The average molecular weight is 1160 g/mol. The summed E-state index contributed by atoms with van der Waals surface area (Å²) in [6, 6.07) is 19.6. The highest BCUT2D eigenvalue weighted by atomic mass is 35.5. The molecule has 5 aliphatic heterocycles. The third kappa shape index (κ3) is 7.61. The summed E-state index contributed by atoms with van der Waals surface area (Å²) in [5.41, 5.74) is 1.41. The van der Waals surface area contributed by atoms with Crippen LogP contribution in [0.25, 0.3) is 22.3 Å². The van der Waals surface area contributed by atoms with Gasteiger partial charge in [0.15, 0.2) is 0 Å². The lowest BCUT2D eigenvalue weighted by Crippen LogP contribution is -2.09. The van der Waals surface area contributed by atoms with E-state index in [4.69, 9.17) is 201 Å².